The van der Waals surface area contributed by atoms with Crippen LogP contribution in [0, 0.1) is 0 Å². The van der Waals surface area contributed by atoms with E-state index in [9.17, 15) is 0 Å². The Kier molecular flexibility index (Phi) is 12000. The van der Waals surface area contributed by atoms with Gasteiger partial charge in [-0.25, -0.2) is 0 Å². The summed E-state index contributed by atoms with van der Waals surface area (Å²) in [4.78, 5) is 0. The zero-order valence-electron chi connectivity index (χ0n) is 3.09. The van der Waals surface area contributed by atoms with Gasteiger partial charge in [-0.3, -0.25) is 0 Å². The minimum absolute atomic E-state index is 0. The normalized spacial score (nSPS) is 0.857. The molecule has 0 aromatic carbocycles. The van der Waals surface area contributed by atoms with E-state index in [1.54, 1.807) is 0 Å². The molecule has 0 unspecified atom stereocenters. The van der Waals surface area contributed by atoms with Crippen molar-refractivity contribution in [2.45, 2.75) is 0 Å². The number of halogens is 2. The summed E-state index contributed by atoms with van der Waals surface area (Å²) in [5.41, 5.74) is 0. The predicted molar refractivity (Wildman–Crippen MR) is 21.4 cm³/mol. The second kappa shape index (κ2) is 634. The Morgan fingerprint density at radius 3 is 0.714 bits per heavy atom. The zero-order valence-corrected chi connectivity index (χ0v) is 4.89. The first kappa shape index (κ1) is 133. The third kappa shape index (κ3) is 427. The van der Waals surface area contributed by atoms with Gasteiger partial charge in [0.25, 0.3) is 0 Å². The van der Waals surface area contributed by atoms with Gasteiger partial charge in [-0.15, -0.1) is 3.98 Å². The fraction of sp³-hybridized carbons (Fsp3) is 0. The Hall–Kier alpha value is 0.566. The van der Waals surface area contributed by atoms with Crippen LogP contribution in [0.25, 0.3) is 0 Å². The number of hydrogen-bond donors (Lipinski definition) is 0. The van der Waals surface area contributed by atoms with Crippen molar-refractivity contribution >= 4 is 12.0 Å². The molecule has 55 valence electrons. The van der Waals surface area contributed by atoms with Gasteiger partial charge in [0.05, 0.1) is 0 Å². The van der Waals surface area contributed by atoms with Gasteiger partial charge in [-0.05, 0) is 0 Å². The third-order valence-electron chi connectivity index (χ3n) is 0. The van der Waals surface area contributed by atoms with Crippen molar-refractivity contribution in [3.63, 3.8) is 0 Å². The molecule has 4 nitrogen and oxygen atoms in total. The van der Waals surface area contributed by atoms with Gasteiger partial charge in [-0.2, -0.15) is 0 Å². The van der Waals surface area contributed by atoms with E-state index in [4.69, 9.17) is 3.98 Å². The summed E-state index contributed by atoms with van der Waals surface area (Å²) in [6, 6.07) is 0. The van der Waals surface area contributed by atoms with Crippen LogP contribution >= 0.6 is 12.0 Å². The second-order valence-electron chi connectivity index (χ2n) is 0. The molecule has 7 heavy (non-hydrogen) atoms. The van der Waals surface area contributed by atoms with Crippen molar-refractivity contribution in [2.75, 3.05) is 0 Å². The third-order valence-corrected chi connectivity index (χ3v) is 0. The van der Waals surface area contributed by atoms with Gasteiger partial charge in [-0.1, -0.05) is 0 Å². The van der Waals surface area contributed by atoms with Crippen LogP contribution in [0.1, 0.15) is 0 Å². The average Bonchev–Trinajstić information content (AvgIpc) is 1.00. The molecular weight excluding hydrogens is 177 g/mol. The summed E-state index contributed by atoms with van der Waals surface area (Å²) in [6.07, 6.45) is 0. The monoisotopic (exact) mass is 185 g/mol. The predicted octanol–water partition coefficient (Wildman–Crippen LogP) is -2.19. The van der Waals surface area contributed by atoms with E-state index in [1.807, 2.05) is 0 Å². The largest absolute Gasteiger partial charge is 0.412 e. The molecule has 0 bridgehead atoms. The molecule has 8 N–H and O–H groups in total. The van der Waals surface area contributed by atoms with E-state index in [0.29, 0.717) is 0 Å². The van der Waals surface area contributed by atoms with Crippen LogP contribution in [-0.2, 0) is 16.8 Å². The van der Waals surface area contributed by atoms with E-state index in [0.717, 1.165) is 0 Å². The molecule has 0 aromatic rings. The van der Waals surface area contributed by atoms with E-state index in [-0.39, 0.29) is 38.7 Å². The standard InChI is InChI=1S/ClF.Co.4H2O/c1-2;;;;;/h;;4*1H2. The van der Waals surface area contributed by atoms with Crippen LogP contribution < -0.4 is 0 Å². The van der Waals surface area contributed by atoms with E-state index in [1.165, 1.54) is 0 Å². The zero-order chi connectivity index (χ0) is 2.00. The minimum atomic E-state index is 0. The van der Waals surface area contributed by atoms with Crippen LogP contribution in [0.2, 0.25) is 0 Å². The Balaban J connectivity index is -0.000000000500. The number of hydrogen-bond acceptors (Lipinski definition) is 0. The quantitative estimate of drug-likeness (QED) is 0.406. The first-order chi connectivity index (χ1) is 1.00. The molecular formula is H8ClCoFO4. The fourth-order valence-corrected chi connectivity index (χ4v) is 0. The number of rotatable bonds is 0. The molecule has 0 fully saturated rings. The SMILES string of the molecule is FCl.O.O.O.O.[Co]. The first-order valence-corrected chi connectivity index (χ1v) is 0.429. The molecule has 0 saturated carbocycles. The molecule has 0 aliphatic carbocycles. The summed E-state index contributed by atoms with van der Waals surface area (Å²) in [5.74, 6) is 0. The van der Waals surface area contributed by atoms with Crippen LogP contribution in [-0.4, -0.2) is 21.9 Å². The summed E-state index contributed by atoms with van der Waals surface area (Å²) >= 11 is 3.14. The second-order valence-corrected chi connectivity index (χ2v) is 0. The van der Waals surface area contributed by atoms with E-state index >= 15 is 0 Å². The molecule has 0 aliphatic rings. The van der Waals surface area contributed by atoms with Gasteiger partial charge < -0.3 is 21.9 Å². The molecule has 7 heteroatoms. The van der Waals surface area contributed by atoms with Crippen LogP contribution in [0.15, 0.2) is 0 Å². The van der Waals surface area contributed by atoms with Crippen LogP contribution in [0.4, 0.5) is 3.98 Å². The van der Waals surface area contributed by atoms with Crippen molar-refractivity contribution in [3.05, 3.63) is 0 Å². The topological polar surface area (TPSA) is 126 Å². The van der Waals surface area contributed by atoms with Crippen molar-refractivity contribution < 1.29 is 42.7 Å². The Morgan fingerprint density at radius 1 is 0.714 bits per heavy atom. The summed E-state index contributed by atoms with van der Waals surface area (Å²) in [5, 5.41) is 0. The van der Waals surface area contributed by atoms with Crippen molar-refractivity contribution in [3.8, 4) is 0 Å². The van der Waals surface area contributed by atoms with E-state index < -0.39 is 0 Å². The van der Waals surface area contributed by atoms with Crippen molar-refractivity contribution in [1.29, 1.82) is 0 Å². The van der Waals surface area contributed by atoms with Gasteiger partial charge in [0.15, 0.2) is 0 Å². The van der Waals surface area contributed by atoms with Gasteiger partial charge in [0.1, 0.15) is 12.0 Å². The molecule has 0 amide bonds. The molecule has 0 aliphatic heterocycles. The molecule has 0 spiro atoms. The minimum Gasteiger partial charge on any atom is -0.412 e. The molecule has 1 radical (unpaired) electrons. The van der Waals surface area contributed by atoms with Gasteiger partial charge in [0.2, 0.25) is 0 Å². The molecule has 0 aromatic heterocycles. The molecule has 0 heterocycles. The Labute approximate surface area is 55.3 Å². The summed E-state index contributed by atoms with van der Waals surface area (Å²) in [6.45, 7) is 0. The van der Waals surface area contributed by atoms with Crippen LogP contribution in [0.5, 0.6) is 0 Å². The van der Waals surface area contributed by atoms with Gasteiger partial charge in [0, 0.05) is 16.8 Å². The van der Waals surface area contributed by atoms with Crippen molar-refractivity contribution in [1.82, 2.24) is 0 Å². The van der Waals surface area contributed by atoms with Gasteiger partial charge >= 0.3 is 0 Å². The maximum absolute atomic E-state index is 8.97. The molecule has 0 atom stereocenters. The first-order valence-electron chi connectivity index (χ1n) is 0.143. The Bertz CT molecular complexity index is 11.7. The van der Waals surface area contributed by atoms with E-state index in [2.05, 4.69) is 12.0 Å². The van der Waals surface area contributed by atoms with Crippen molar-refractivity contribution in [2.24, 2.45) is 0 Å². The molecule has 0 saturated heterocycles. The van der Waals surface area contributed by atoms with Crippen LogP contribution in [0.3, 0.4) is 0 Å². The Morgan fingerprint density at radius 2 is 0.714 bits per heavy atom. The smallest absolute Gasteiger partial charge is 0.116 e. The summed E-state index contributed by atoms with van der Waals surface area (Å²) < 4.78 is 8.97. The summed E-state index contributed by atoms with van der Waals surface area (Å²) in [7, 11) is 0. The molecule has 0 rings (SSSR count). The average molecular weight is 185 g/mol. The maximum atomic E-state index is 8.97. The maximum Gasteiger partial charge on any atom is 0.116 e. The fourth-order valence-electron chi connectivity index (χ4n) is 0.